The quantitative estimate of drug-likeness (QED) is 0.650. The number of hydrogen-bond acceptors (Lipinski definition) is 2. The Balaban J connectivity index is 2.44. The Morgan fingerprint density at radius 2 is 1.76 bits per heavy atom. The molecule has 0 unspecified atom stereocenters. The van der Waals surface area contributed by atoms with Crippen LogP contribution in [-0.2, 0) is 0 Å². The van der Waals surface area contributed by atoms with Gasteiger partial charge in [0.15, 0.2) is 5.78 Å². The maximum absolute atomic E-state index is 12.2. The van der Waals surface area contributed by atoms with E-state index >= 15 is 0 Å². The van der Waals surface area contributed by atoms with Crippen molar-refractivity contribution < 1.29 is 4.79 Å². The molecule has 2 aromatic carbocycles. The molecule has 0 saturated carbocycles. The zero-order chi connectivity index (χ0) is 12.4. The Kier molecular flexibility index (Phi) is 3.16. The van der Waals surface area contributed by atoms with Crippen LogP contribution in [-0.4, -0.2) is 5.78 Å². The summed E-state index contributed by atoms with van der Waals surface area (Å²) in [6, 6.07) is 12.5. The van der Waals surface area contributed by atoms with Crippen LogP contribution in [0.3, 0.4) is 0 Å². The minimum absolute atomic E-state index is 0.109. The van der Waals surface area contributed by atoms with Crippen LogP contribution in [0.5, 0.6) is 0 Å². The summed E-state index contributed by atoms with van der Waals surface area (Å²) in [7, 11) is 0. The number of aryl methyl sites for hydroxylation is 1. The van der Waals surface area contributed by atoms with E-state index in [1.807, 2.05) is 19.1 Å². The topological polar surface area (TPSA) is 43.1 Å². The molecule has 2 nitrogen and oxygen atoms in total. The van der Waals surface area contributed by atoms with Gasteiger partial charge in [0.25, 0.3) is 0 Å². The number of carbonyl (C=O) groups excluding carboxylic acids is 1. The molecule has 86 valence electrons. The number of benzene rings is 2. The molecular formula is C14H12ClNO. The van der Waals surface area contributed by atoms with Gasteiger partial charge in [0.1, 0.15) is 0 Å². The molecule has 0 atom stereocenters. The largest absolute Gasteiger partial charge is 0.398 e. The monoisotopic (exact) mass is 245 g/mol. The lowest BCUT2D eigenvalue weighted by Gasteiger charge is -2.06. The third-order valence-electron chi connectivity index (χ3n) is 2.59. The number of rotatable bonds is 2. The molecule has 17 heavy (non-hydrogen) atoms. The van der Waals surface area contributed by atoms with Crippen molar-refractivity contribution in [3.63, 3.8) is 0 Å². The Labute approximate surface area is 105 Å². The third-order valence-corrected chi connectivity index (χ3v) is 3.01. The highest BCUT2D eigenvalue weighted by molar-refractivity contribution is 6.37. The van der Waals surface area contributed by atoms with Gasteiger partial charge in [-0.05, 0) is 19.1 Å². The van der Waals surface area contributed by atoms with Gasteiger partial charge in [-0.25, -0.2) is 0 Å². The second-order valence-electron chi connectivity index (χ2n) is 3.90. The highest BCUT2D eigenvalue weighted by atomic mass is 35.5. The molecule has 2 N–H and O–H groups in total. The lowest BCUT2D eigenvalue weighted by atomic mass is 10.0. The molecule has 0 aromatic heterocycles. The Morgan fingerprint density at radius 3 is 2.41 bits per heavy atom. The van der Waals surface area contributed by atoms with Gasteiger partial charge in [-0.3, -0.25) is 4.79 Å². The average molecular weight is 246 g/mol. The van der Waals surface area contributed by atoms with Crippen LogP contribution in [0.15, 0.2) is 42.5 Å². The molecule has 0 fully saturated rings. The Bertz CT molecular complexity index is 561. The first-order valence-electron chi connectivity index (χ1n) is 5.25. The molecule has 0 aliphatic rings. The molecule has 2 rings (SSSR count). The first-order chi connectivity index (χ1) is 8.09. The maximum Gasteiger partial charge on any atom is 0.194 e. The van der Waals surface area contributed by atoms with E-state index in [0.717, 1.165) is 5.56 Å². The van der Waals surface area contributed by atoms with Crippen LogP contribution >= 0.6 is 11.6 Å². The van der Waals surface area contributed by atoms with E-state index in [-0.39, 0.29) is 5.78 Å². The van der Waals surface area contributed by atoms with Crippen LogP contribution in [0.25, 0.3) is 0 Å². The highest BCUT2D eigenvalue weighted by Crippen LogP contribution is 2.25. The van der Waals surface area contributed by atoms with Crippen molar-refractivity contribution in [1.29, 1.82) is 0 Å². The van der Waals surface area contributed by atoms with Gasteiger partial charge in [0.2, 0.25) is 0 Å². The molecular weight excluding hydrogens is 234 g/mol. The molecule has 3 heteroatoms. The van der Waals surface area contributed by atoms with Crippen molar-refractivity contribution in [3.05, 3.63) is 64.2 Å². The van der Waals surface area contributed by atoms with Gasteiger partial charge in [-0.2, -0.15) is 0 Å². The van der Waals surface area contributed by atoms with Crippen LogP contribution < -0.4 is 5.73 Å². The van der Waals surface area contributed by atoms with E-state index in [4.69, 9.17) is 17.3 Å². The standard InChI is InChI=1S/C14H12ClNO/c1-9-5-7-10(8-6-9)14(17)11-3-2-4-12(16)13(11)15/h2-8H,16H2,1H3. The summed E-state index contributed by atoms with van der Waals surface area (Å²) in [5.41, 5.74) is 8.26. The smallest absolute Gasteiger partial charge is 0.194 e. The highest BCUT2D eigenvalue weighted by Gasteiger charge is 2.13. The van der Waals surface area contributed by atoms with Crippen molar-refractivity contribution in [1.82, 2.24) is 0 Å². The van der Waals surface area contributed by atoms with E-state index in [2.05, 4.69) is 0 Å². The molecule has 0 spiro atoms. The third kappa shape index (κ3) is 2.32. The molecule has 0 amide bonds. The first kappa shape index (κ1) is 11.7. The van der Waals surface area contributed by atoms with Crippen molar-refractivity contribution in [3.8, 4) is 0 Å². The summed E-state index contributed by atoms with van der Waals surface area (Å²) in [5.74, 6) is -0.109. The number of nitrogen functional groups attached to an aromatic ring is 1. The lowest BCUT2D eigenvalue weighted by Crippen LogP contribution is -2.03. The Morgan fingerprint density at radius 1 is 1.12 bits per heavy atom. The molecule has 0 aliphatic carbocycles. The number of hydrogen-bond donors (Lipinski definition) is 1. The minimum atomic E-state index is -0.109. The van der Waals surface area contributed by atoms with Gasteiger partial charge in [-0.15, -0.1) is 0 Å². The summed E-state index contributed by atoms with van der Waals surface area (Å²) in [6.07, 6.45) is 0. The molecule has 0 saturated heterocycles. The predicted molar refractivity (Wildman–Crippen MR) is 70.5 cm³/mol. The van der Waals surface area contributed by atoms with Crippen molar-refractivity contribution in [2.45, 2.75) is 6.92 Å². The lowest BCUT2D eigenvalue weighted by molar-refractivity contribution is 0.103. The predicted octanol–water partition coefficient (Wildman–Crippen LogP) is 3.46. The van der Waals surface area contributed by atoms with Crippen LogP contribution in [0.1, 0.15) is 21.5 Å². The SMILES string of the molecule is Cc1ccc(C(=O)c2cccc(N)c2Cl)cc1. The normalized spacial score (nSPS) is 10.2. The molecule has 0 bridgehead atoms. The Hall–Kier alpha value is -1.80. The van der Waals surface area contributed by atoms with Crippen LogP contribution in [0, 0.1) is 6.92 Å². The van der Waals surface area contributed by atoms with E-state index in [1.54, 1.807) is 30.3 Å². The fraction of sp³-hybridized carbons (Fsp3) is 0.0714. The number of anilines is 1. The molecule has 2 aromatic rings. The molecule has 0 radical (unpaired) electrons. The molecule has 0 heterocycles. The van der Waals surface area contributed by atoms with Crippen molar-refractivity contribution in [2.75, 3.05) is 5.73 Å². The molecule has 0 aliphatic heterocycles. The fourth-order valence-corrected chi connectivity index (χ4v) is 1.80. The second kappa shape index (κ2) is 4.60. The van der Waals surface area contributed by atoms with Gasteiger partial charge < -0.3 is 5.73 Å². The second-order valence-corrected chi connectivity index (χ2v) is 4.28. The summed E-state index contributed by atoms with van der Waals surface area (Å²) in [4.78, 5) is 12.2. The van der Waals surface area contributed by atoms with Crippen molar-refractivity contribution in [2.24, 2.45) is 0 Å². The van der Waals surface area contributed by atoms with Crippen molar-refractivity contribution >= 4 is 23.1 Å². The number of carbonyl (C=O) groups is 1. The summed E-state index contributed by atoms with van der Waals surface area (Å²) < 4.78 is 0. The average Bonchev–Trinajstić information content (AvgIpc) is 2.33. The summed E-state index contributed by atoms with van der Waals surface area (Å²) in [5, 5.41) is 0.318. The van der Waals surface area contributed by atoms with Crippen LogP contribution in [0.2, 0.25) is 5.02 Å². The summed E-state index contributed by atoms with van der Waals surface area (Å²) in [6.45, 7) is 1.97. The maximum atomic E-state index is 12.2. The van der Waals surface area contributed by atoms with E-state index in [9.17, 15) is 4.79 Å². The van der Waals surface area contributed by atoms with E-state index in [0.29, 0.717) is 21.8 Å². The van der Waals surface area contributed by atoms with Gasteiger partial charge >= 0.3 is 0 Å². The number of ketones is 1. The van der Waals surface area contributed by atoms with Gasteiger partial charge in [0, 0.05) is 11.1 Å². The number of nitrogens with two attached hydrogens (primary N) is 1. The van der Waals surface area contributed by atoms with Crippen LogP contribution in [0.4, 0.5) is 5.69 Å². The summed E-state index contributed by atoms with van der Waals surface area (Å²) >= 11 is 6.02. The first-order valence-corrected chi connectivity index (χ1v) is 5.63. The minimum Gasteiger partial charge on any atom is -0.398 e. The van der Waals surface area contributed by atoms with Gasteiger partial charge in [0.05, 0.1) is 10.7 Å². The van der Waals surface area contributed by atoms with E-state index in [1.165, 1.54) is 0 Å². The fourth-order valence-electron chi connectivity index (χ4n) is 1.59. The number of halogens is 1. The van der Waals surface area contributed by atoms with E-state index < -0.39 is 0 Å². The zero-order valence-corrected chi connectivity index (χ0v) is 10.2. The zero-order valence-electron chi connectivity index (χ0n) is 9.41. The van der Waals surface area contributed by atoms with Gasteiger partial charge in [-0.1, -0.05) is 47.5 Å².